The molecule has 33 heavy (non-hydrogen) atoms. The van der Waals surface area contributed by atoms with Crippen molar-refractivity contribution in [2.24, 2.45) is 5.92 Å². The number of ether oxygens (including phenoxy) is 2. The van der Waals surface area contributed by atoms with Crippen LogP contribution in [0, 0.1) is 17.7 Å². The van der Waals surface area contributed by atoms with Crippen LogP contribution in [0.2, 0.25) is 0 Å². The molecule has 1 atom stereocenters. The molecule has 0 radical (unpaired) electrons. The summed E-state index contributed by atoms with van der Waals surface area (Å²) in [5, 5.41) is 7.48. The van der Waals surface area contributed by atoms with E-state index in [1.807, 2.05) is 25.1 Å². The molecule has 3 heterocycles. The van der Waals surface area contributed by atoms with Gasteiger partial charge in [0.25, 0.3) is 4.84 Å². The predicted molar refractivity (Wildman–Crippen MR) is 126 cm³/mol. The highest BCUT2D eigenvalue weighted by molar-refractivity contribution is 7.71. The van der Waals surface area contributed by atoms with E-state index < -0.39 is 0 Å². The quantitative estimate of drug-likeness (QED) is 0.521. The van der Waals surface area contributed by atoms with Gasteiger partial charge in [-0.3, -0.25) is 9.69 Å². The van der Waals surface area contributed by atoms with Gasteiger partial charge in [0.05, 0.1) is 26.8 Å². The smallest absolute Gasteiger partial charge is 0.288 e. The first-order valence-electron chi connectivity index (χ1n) is 10.7. The number of hydrogen-bond acceptors (Lipinski definition) is 8. The average molecular weight is 470 g/mol. The van der Waals surface area contributed by atoms with Crippen molar-refractivity contribution in [2.45, 2.75) is 26.4 Å². The van der Waals surface area contributed by atoms with Gasteiger partial charge in [-0.25, -0.2) is 9.67 Å². The Morgan fingerprint density at radius 3 is 2.82 bits per heavy atom. The van der Waals surface area contributed by atoms with Gasteiger partial charge in [-0.05, 0) is 68.9 Å². The summed E-state index contributed by atoms with van der Waals surface area (Å²) in [6, 6.07) is 11.0. The lowest BCUT2D eigenvalue weighted by molar-refractivity contribution is -0.121. The van der Waals surface area contributed by atoms with Crippen molar-refractivity contribution in [3.05, 3.63) is 46.9 Å². The molecule has 1 unspecified atom stereocenters. The van der Waals surface area contributed by atoms with Gasteiger partial charge < -0.3 is 19.2 Å². The van der Waals surface area contributed by atoms with Crippen molar-refractivity contribution in [1.29, 1.82) is 0 Å². The molecule has 1 saturated heterocycles. The van der Waals surface area contributed by atoms with E-state index in [1.165, 1.54) is 0 Å². The molecule has 1 amide bonds. The largest absolute Gasteiger partial charge is 0.493 e. The number of nitrogens with one attached hydrogen (secondary N) is 1. The predicted octanol–water partition coefficient (Wildman–Crippen LogP) is 3.90. The summed E-state index contributed by atoms with van der Waals surface area (Å²) in [6.07, 6.45) is 1.74. The van der Waals surface area contributed by atoms with E-state index in [0.29, 0.717) is 36.4 Å². The minimum Gasteiger partial charge on any atom is -0.493 e. The third-order valence-electron chi connectivity index (χ3n) is 5.59. The molecule has 1 aliphatic heterocycles. The maximum absolute atomic E-state index is 12.8. The SMILES string of the molecule is COc1ccc(-c2nn(CN3CCCC(C(=O)Nc4cccc(C)n4)C3)c(=S)o2)cc1OC. The van der Waals surface area contributed by atoms with E-state index in [1.54, 1.807) is 37.1 Å². The van der Waals surface area contributed by atoms with Crippen LogP contribution in [0.4, 0.5) is 5.82 Å². The van der Waals surface area contributed by atoms with Crippen LogP contribution in [-0.2, 0) is 11.5 Å². The lowest BCUT2D eigenvalue weighted by atomic mass is 9.97. The second-order valence-corrected chi connectivity index (χ2v) is 8.30. The van der Waals surface area contributed by atoms with Gasteiger partial charge in [0.2, 0.25) is 11.8 Å². The van der Waals surface area contributed by atoms with Crippen LogP contribution in [-0.4, -0.2) is 52.9 Å². The fourth-order valence-corrected chi connectivity index (χ4v) is 4.09. The number of benzene rings is 1. The number of amides is 1. The first-order valence-corrected chi connectivity index (χ1v) is 11.1. The number of carbonyl (C=O) groups excluding carboxylic acids is 1. The van der Waals surface area contributed by atoms with Gasteiger partial charge in [0.15, 0.2) is 11.5 Å². The first kappa shape index (κ1) is 22.9. The molecular weight excluding hydrogens is 442 g/mol. The summed E-state index contributed by atoms with van der Waals surface area (Å²) < 4.78 is 18.0. The summed E-state index contributed by atoms with van der Waals surface area (Å²) in [5.41, 5.74) is 1.60. The number of aromatic nitrogens is 3. The Kier molecular flexibility index (Phi) is 7.05. The lowest BCUT2D eigenvalue weighted by Gasteiger charge is -2.31. The van der Waals surface area contributed by atoms with Gasteiger partial charge in [0.1, 0.15) is 5.82 Å². The van der Waals surface area contributed by atoms with Crippen LogP contribution in [0.5, 0.6) is 11.5 Å². The molecule has 1 aliphatic rings. The Balaban J connectivity index is 1.43. The molecule has 1 N–H and O–H groups in total. The van der Waals surface area contributed by atoms with E-state index in [-0.39, 0.29) is 16.7 Å². The van der Waals surface area contributed by atoms with Crippen LogP contribution in [0.3, 0.4) is 0 Å². The number of methoxy groups -OCH3 is 2. The third-order valence-corrected chi connectivity index (χ3v) is 5.88. The number of aryl methyl sites for hydroxylation is 1. The van der Waals surface area contributed by atoms with Crippen LogP contribution >= 0.6 is 12.2 Å². The highest BCUT2D eigenvalue weighted by Gasteiger charge is 2.27. The van der Waals surface area contributed by atoms with E-state index in [0.717, 1.165) is 30.6 Å². The van der Waals surface area contributed by atoms with E-state index >= 15 is 0 Å². The number of likely N-dealkylation sites (tertiary alicyclic amines) is 1. The second-order valence-electron chi connectivity index (χ2n) is 7.95. The zero-order valence-electron chi connectivity index (χ0n) is 18.9. The van der Waals surface area contributed by atoms with Crippen molar-refractivity contribution in [3.8, 4) is 23.0 Å². The lowest BCUT2D eigenvalue weighted by Crippen LogP contribution is -2.41. The number of rotatable bonds is 7. The molecule has 10 heteroatoms. The molecule has 0 bridgehead atoms. The third kappa shape index (κ3) is 5.40. The number of nitrogens with zero attached hydrogens (tertiary/aromatic N) is 4. The maximum atomic E-state index is 12.8. The Labute approximate surface area is 197 Å². The standard InChI is InChI=1S/C23H27N5O4S/c1-15-6-4-8-20(24-15)25-21(29)17-7-5-11-27(13-17)14-28-23(33)32-22(26-28)16-9-10-18(30-2)19(12-16)31-3/h4,6,8-10,12,17H,5,7,11,13-14H2,1-3H3,(H,24,25,29). The summed E-state index contributed by atoms with van der Waals surface area (Å²) >= 11 is 5.39. The van der Waals surface area contributed by atoms with E-state index in [2.05, 4.69) is 20.3 Å². The highest BCUT2D eigenvalue weighted by atomic mass is 32.1. The molecule has 0 spiro atoms. The van der Waals surface area contributed by atoms with Gasteiger partial charge in [0, 0.05) is 17.8 Å². The van der Waals surface area contributed by atoms with Crippen molar-refractivity contribution >= 4 is 23.9 Å². The van der Waals surface area contributed by atoms with Crippen molar-refractivity contribution in [1.82, 2.24) is 19.7 Å². The molecule has 2 aromatic heterocycles. The van der Waals surface area contributed by atoms with Crippen LogP contribution in [0.1, 0.15) is 18.5 Å². The molecule has 0 saturated carbocycles. The van der Waals surface area contributed by atoms with E-state index in [9.17, 15) is 4.79 Å². The van der Waals surface area contributed by atoms with Crippen LogP contribution in [0.15, 0.2) is 40.8 Å². The number of pyridine rings is 1. The van der Waals surface area contributed by atoms with Gasteiger partial charge in [-0.2, -0.15) is 0 Å². The first-order chi connectivity index (χ1) is 16.0. The summed E-state index contributed by atoms with van der Waals surface area (Å²) in [4.78, 5) is 19.6. The Morgan fingerprint density at radius 1 is 1.24 bits per heavy atom. The Bertz CT molecular complexity index is 1190. The Hall–Kier alpha value is -3.24. The van der Waals surface area contributed by atoms with Crippen molar-refractivity contribution < 1.29 is 18.7 Å². The fraction of sp³-hybridized carbons (Fsp3) is 0.391. The zero-order valence-corrected chi connectivity index (χ0v) is 19.7. The molecule has 3 aromatic rings. The van der Waals surface area contributed by atoms with Gasteiger partial charge >= 0.3 is 0 Å². The fourth-order valence-electron chi connectivity index (χ4n) is 3.91. The van der Waals surface area contributed by atoms with Crippen molar-refractivity contribution in [2.75, 3.05) is 32.6 Å². The monoisotopic (exact) mass is 469 g/mol. The topological polar surface area (TPSA) is 94.7 Å². The van der Waals surface area contributed by atoms with Crippen LogP contribution < -0.4 is 14.8 Å². The Morgan fingerprint density at radius 2 is 2.06 bits per heavy atom. The van der Waals surface area contributed by atoms with E-state index in [4.69, 9.17) is 26.1 Å². The van der Waals surface area contributed by atoms with Crippen LogP contribution in [0.25, 0.3) is 11.5 Å². The maximum Gasteiger partial charge on any atom is 0.288 e. The highest BCUT2D eigenvalue weighted by Crippen LogP contribution is 2.31. The minimum absolute atomic E-state index is 0.0208. The normalized spacial score (nSPS) is 16.4. The van der Waals surface area contributed by atoms with Gasteiger partial charge in [-0.1, -0.05) is 6.07 Å². The van der Waals surface area contributed by atoms with Crippen molar-refractivity contribution in [3.63, 3.8) is 0 Å². The molecule has 1 aromatic carbocycles. The summed E-state index contributed by atoms with van der Waals surface area (Å²) in [7, 11) is 3.16. The summed E-state index contributed by atoms with van der Waals surface area (Å²) in [6.45, 7) is 3.81. The number of anilines is 1. The molecule has 9 nitrogen and oxygen atoms in total. The molecule has 174 valence electrons. The minimum atomic E-state index is -0.132. The molecule has 4 rings (SSSR count). The molecular formula is C23H27N5O4S. The number of piperidine rings is 1. The number of carbonyl (C=O) groups is 1. The molecule has 0 aliphatic carbocycles. The van der Waals surface area contributed by atoms with Gasteiger partial charge in [-0.15, -0.1) is 5.10 Å². The zero-order chi connectivity index (χ0) is 23.4. The average Bonchev–Trinajstić information content (AvgIpc) is 3.18. The summed E-state index contributed by atoms with van der Waals surface area (Å²) in [5.74, 6) is 2.03. The second kappa shape index (κ2) is 10.1. The number of hydrogen-bond donors (Lipinski definition) is 1. The molecule has 1 fully saturated rings.